The molecule has 0 radical (unpaired) electrons. The van der Waals surface area contributed by atoms with Gasteiger partial charge in [-0.2, -0.15) is 0 Å². The molecular weight excluding hydrogens is 310 g/mol. The molecule has 3 heteroatoms. The van der Waals surface area contributed by atoms with Gasteiger partial charge in [-0.15, -0.1) is 0 Å². The van der Waals surface area contributed by atoms with Gasteiger partial charge in [-0.3, -0.25) is 9.59 Å². The molecule has 0 spiro atoms. The van der Waals surface area contributed by atoms with E-state index in [0.29, 0.717) is 11.1 Å². The zero-order valence-electron chi connectivity index (χ0n) is 13.7. The number of hydrogen-bond acceptors (Lipinski definition) is 3. The largest absolute Gasteiger partial charge is 0.334 e. The summed E-state index contributed by atoms with van der Waals surface area (Å²) in [4.78, 5) is 26.9. The third kappa shape index (κ3) is 2.40. The molecule has 120 valence electrons. The molecule has 2 aromatic carbocycles. The average Bonchev–Trinajstić information content (AvgIpc) is 2.90. The Balaban J connectivity index is 1.85. The van der Waals surface area contributed by atoms with Gasteiger partial charge in [0.15, 0.2) is 0 Å². The zero-order chi connectivity index (χ0) is 17.4. The molecular formula is C22H15NO2. The first-order valence-corrected chi connectivity index (χ1v) is 8.19. The Morgan fingerprint density at radius 3 is 2.16 bits per heavy atom. The quantitative estimate of drug-likeness (QED) is 0.448. The van der Waals surface area contributed by atoms with Crippen LogP contribution in [0.25, 0.3) is 6.08 Å². The lowest BCUT2D eigenvalue weighted by molar-refractivity contribution is 0.0989. The highest BCUT2D eigenvalue weighted by Gasteiger charge is 2.32. The van der Waals surface area contributed by atoms with Crippen molar-refractivity contribution in [1.29, 1.82) is 0 Å². The van der Waals surface area contributed by atoms with Gasteiger partial charge in [0, 0.05) is 23.4 Å². The summed E-state index contributed by atoms with van der Waals surface area (Å²) < 4.78 is 0. The van der Waals surface area contributed by atoms with Crippen LogP contribution in [0.1, 0.15) is 33.2 Å². The van der Waals surface area contributed by atoms with Crippen LogP contribution in [0.4, 0.5) is 5.69 Å². The number of Topliss-reactive ketones (excluding diaryl/α,β-unsaturated/α-hetero) is 2. The molecule has 25 heavy (non-hydrogen) atoms. The van der Waals surface area contributed by atoms with E-state index in [1.54, 1.807) is 24.3 Å². The average molecular weight is 325 g/mol. The van der Waals surface area contributed by atoms with Crippen LogP contribution in [-0.4, -0.2) is 18.1 Å². The number of anilines is 1. The van der Waals surface area contributed by atoms with E-state index in [2.05, 4.69) is 16.4 Å². The molecule has 0 aromatic heterocycles. The zero-order valence-corrected chi connectivity index (χ0v) is 13.7. The van der Waals surface area contributed by atoms with Crippen LogP contribution in [0.15, 0.2) is 77.3 Å². The van der Waals surface area contributed by atoms with Crippen LogP contribution in [0.5, 0.6) is 0 Å². The second kappa shape index (κ2) is 5.92. The number of allylic oxidation sites excluding steroid dienone is 2. The summed E-state index contributed by atoms with van der Waals surface area (Å²) in [6, 6.07) is 14.9. The van der Waals surface area contributed by atoms with Gasteiger partial charge in [0.25, 0.3) is 0 Å². The number of ketones is 2. The fraction of sp³-hybridized carbons (Fsp3) is 0.0909. The molecule has 0 N–H and O–H groups in total. The molecule has 0 unspecified atom stereocenters. The second-order valence-corrected chi connectivity index (χ2v) is 5.85. The molecule has 2 aromatic rings. The lowest BCUT2D eigenvalue weighted by Crippen LogP contribution is -2.23. The highest BCUT2D eigenvalue weighted by Crippen LogP contribution is 2.30. The SMILES string of the molecule is CCN1C(=C=C=C2C(=O)c3ccccc3C2=O)C=Cc2ccccc21. The number of likely N-dealkylation sites (N-methyl/N-ethyl adjacent to an activating group) is 1. The Kier molecular flexibility index (Phi) is 3.59. The normalized spacial score (nSPS) is 15.0. The number of benzene rings is 2. The molecule has 1 heterocycles. The Morgan fingerprint density at radius 2 is 1.48 bits per heavy atom. The van der Waals surface area contributed by atoms with Crippen molar-refractivity contribution in [3.63, 3.8) is 0 Å². The summed E-state index contributed by atoms with van der Waals surface area (Å²) in [5.41, 5.74) is 9.79. The number of para-hydroxylation sites is 1. The van der Waals surface area contributed by atoms with Gasteiger partial charge < -0.3 is 4.90 Å². The number of rotatable bonds is 1. The van der Waals surface area contributed by atoms with Crippen molar-refractivity contribution in [3.8, 4) is 0 Å². The highest BCUT2D eigenvalue weighted by molar-refractivity contribution is 6.39. The molecule has 1 aliphatic carbocycles. The van der Waals surface area contributed by atoms with Crippen molar-refractivity contribution in [2.24, 2.45) is 0 Å². The minimum atomic E-state index is -0.281. The van der Waals surface area contributed by atoms with Crippen LogP contribution in [0, 0.1) is 0 Å². The predicted octanol–water partition coefficient (Wildman–Crippen LogP) is 4.18. The molecule has 0 fully saturated rings. The first-order chi connectivity index (χ1) is 12.2. The van der Waals surface area contributed by atoms with Crippen molar-refractivity contribution >= 4 is 23.3 Å². The van der Waals surface area contributed by atoms with Crippen molar-refractivity contribution in [2.75, 3.05) is 11.4 Å². The van der Waals surface area contributed by atoms with Crippen molar-refractivity contribution in [2.45, 2.75) is 6.92 Å². The van der Waals surface area contributed by atoms with E-state index >= 15 is 0 Å². The topological polar surface area (TPSA) is 37.4 Å². The third-order valence-electron chi connectivity index (χ3n) is 4.44. The first-order valence-electron chi connectivity index (χ1n) is 8.19. The van der Waals surface area contributed by atoms with Gasteiger partial charge in [-0.25, -0.2) is 0 Å². The summed E-state index contributed by atoms with van der Waals surface area (Å²) in [7, 11) is 0. The van der Waals surface area contributed by atoms with Crippen LogP contribution in [0.2, 0.25) is 0 Å². The van der Waals surface area contributed by atoms with E-state index in [1.165, 1.54) is 0 Å². The maximum absolute atomic E-state index is 12.4. The number of fused-ring (bicyclic) bond motifs is 2. The van der Waals surface area contributed by atoms with Gasteiger partial charge in [0.05, 0.1) is 5.70 Å². The predicted molar refractivity (Wildman–Crippen MR) is 97.7 cm³/mol. The van der Waals surface area contributed by atoms with Crippen LogP contribution in [-0.2, 0) is 0 Å². The van der Waals surface area contributed by atoms with Gasteiger partial charge >= 0.3 is 0 Å². The highest BCUT2D eigenvalue weighted by atomic mass is 16.2. The van der Waals surface area contributed by atoms with Crippen LogP contribution < -0.4 is 4.90 Å². The molecule has 0 saturated heterocycles. The van der Waals surface area contributed by atoms with Crippen LogP contribution in [0.3, 0.4) is 0 Å². The maximum Gasteiger partial charge on any atom is 0.206 e. The molecule has 4 rings (SSSR count). The van der Waals surface area contributed by atoms with Crippen molar-refractivity contribution in [3.05, 3.63) is 94.0 Å². The molecule has 1 aliphatic heterocycles. The van der Waals surface area contributed by atoms with E-state index in [9.17, 15) is 9.59 Å². The lowest BCUT2D eigenvalue weighted by atomic mass is 10.1. The minimum Gasteiger partial charge on any atom is -0.334 e. The summed E-state index contributed by atoms with van der Waals surface area (Å²) in [5.74, 6) is -0.561. The van der Waals surface area contributed by atoms with Crippen molar-refractivity contribution in [1.82, 2.24) is 0 Å². The Morgan fingerprint density at radius 1 is 0.840 bits per heavy atom. The molecule has 0 saturated carbocycles. The van der Waals surface area contributed by atoms with E-state index in [-0.39, 0.29) is 17.1 Å². The van der Waals surface area contributed by atoms with E-state index in [0.717, 1.165) is 23.5 Å². The van der Waals surface area contributed by atoms with E-state index in [1.807, 2.05) is 43.3 Å². The van der Waals surface area contributed by atoms with Crippen molar-refractivity contribution < 1.29 is 9.59 Å². The fourth-order valence-electron chi connectivity index (χ4n) is 3.20. The monoisotopic (exact) mass is 325 g/mol. The summed E-state index contributed by atoms with van der Waals surface area (Å²) in [6.07, 6.45) is 3.93. The molecule has 0 bridgehead atoms. The van der Waals surface area contributed by atoms with Gasteiger partial charge in [-0.05, 0) is 30.4 Å². The molecule has 3 nitrogen and oxygen atoms in total. The van der Waals surface area contributed by atoms with Gasteiger partial charge in [0.2, 0.25) is 11.6 Å². The maximum atomic E-state index is 12.4. The first kappa shape index (κ1) is 15.2. The number of hydrogen-bond donors (Lipinski definition) is 0. The second-order valence-electron chi connectivity index (χ2n) is 5.85. The Bertz CT molecular complexity index is 1010. The fourth-order valence-corrected chi connectivity index (χ4v) is 3.20. The number of nitrogens with zero attached hydrogens (tertiary/aromatic N) is 1. The number of carbonyl (C=O) groups is 2. The molecule has 0 atom stereocenters. The van der Waals surface area contributed by atoms with Crippen LogP contribution >= 0.6 is 0 Å². The van der Waals surface area contributed by atoms with E-state index < -0.39 is 0 Å². The molecule has 0 amide bonds. The Labute approximate surface area is 145 Å². The molecule has 2 aliphatic rings. The minimum absolute atomic E-state index is 0.0528. The van der Waals surface area contributed by atoms with E-state index in [4.69, 9.17) is 0 Å². The third-order valence-corrected chi connectivity index (χ3v) is 4.44. The standard InChI is InChI=1S/C22H15NO2/c1-2-23-16(12-11-15-7-3-6-10-20(15)23)13-14-19-21(24)17-8-4-5-9-18(17)22(19)25/h3-12H,2H2,1H3. The van der Waals surface area contributed by atoms with Gasteiger partial charge in [-0.1, -0.05) is 54.3 Å². The van der Waals surface area contributed by atoms with Gasteiger partial charge in [0.1, 0.15) is 5.57 Å². The summed E-state index contributed by atoms with van der Waals surface area (Å²) >= 11 is 0. The lowest BCUT2D eigenvalue weighted by Gasteiger charge is -2.27. The summed E-state index contributed by atoms with van der Waals surface area (Å²) in [5, 5.41) is 0. The smallest absolute Gasteiger partial charge is 0.206 e. The number of carbonyl (C=O) groups excluding carboxylic acids is 2. The Hall–Kier alpha value is -3.38. The summed E-state index contributed by atoms with van der Waals surface area (Å²) in [6.45, 7) is 2.80.